The van der Waals surface area contributed by atoms with Crippen LogP contribution in [0, 0.1) is 12.8 Å². The van der Waals surface area contributed by atoms with Crippen molar-refractivity contribution in [3.63, 3.8) is 0 Å². The Balaban J connectivity index is 2.05. The van der Waals surface area contributed by atoms with Gasteiger partial charge in [0.25, 0.3) is 5.91 Å². The molecule has 0 fully saturated rings. The summed E-state index contributed by atoms with van der Waals surface area (Å²) in [5, 5.41) is 3.81. The molecule has 0 heterocycles. The number of rotatable bonds is 7. The second kappa shape index (κ2) is 8.91. The van der Waals surface area contributed by atoms with E-state index in [0.717, 1.165) is 17.5 Å². The van der Waals surface area contributed by atoms with Crippen molar-refractivity contribution in [3.05, 3.63) is 64.7 Å². The summed E-state index contributed by atoms with van der Waals surface area (Å²) in [5.74, 6) is 0.993. The van der Waals surface area contributed by atoms with Crippen molar-refractivity contribution in [1.29, 1.82) is 0 Å². The zero-order valence-electron chi connectivity index (χ0n) is 15.3. The fraction of sp³-hybridized carbons (Fsp3) is 0.381. The maximum absolute atomic E-state index is 12.6. The number of hydrogen-bond acceptors (Lipinski definition) is 2. The lowest BCUT2D eigenvalue weighted by Crippen LogP contribution is -2.39. The number of nitrogens with one attached hydrogen (secondary N) is 1. The van der Waals surface area contributed by atoms with Gasteiger partial charge >= 0.3 is 0 Å². The predicted molar refractivity (Wildman–Crippen MR) is 103 cm³/mol. The van der Waals surface area contributed by atoms with Crippen LogP contribution in [-0.2, 0) is 4.79 Å². The van der Waals surface area contributed by atoms with Gasteiger partial charge in [-0.05, 0) is 55.5 Å². The van der Waals surface area contributed by atoms with Crippen molar-refractivity contribution in [1.82, 2.24) is 5.32 Å². The first-order chi connectivity index (χ1) is 11.9. The fourth-order valence-corrected chi connectivity index (χ4v) is 2.79. The third-order valence-electron chi connectivity index (χ3n) is 4.04. The van der Waals surface area contributed by atoms with Gasteiger partial charge in [-0.2, -0.15) is 0 Å². The first kappa shape index (κ1) is 19.3. The average Bonchev–Trinajstić information content (AvgIpc) is 2.58. The van der Waals surface area contributed by atoms with Crippen LogP contribution in [0.15, 0.2) is 48.5 Å². The minimum Gasteiger partial charge on any atom is -0.481 e. The molecule has 134 valence electrons. The summed E-state index contributed by atoms with van der Waals surface area (Å²) in [6.45, 7) is 7.97. The molecule has 2 atom stereocenters. The number of amides is 1. The molecule has 0 radical (unpaired) electrons. The Morgan fingerprint density at radius 1 is 1.12 bits per heavy atom. The van der Waals surface area contributed by atoms with Crippen molar-refractivity contribution in [2.75, 3.05) is 0 Å². The van der Waals surface area contributed by atoms with Gasteiger partial charge in [0, 0.05) is 5.02 Å². The monoisotopic (exact) mass is 359 g/mol. The highest BCUT2D eigenvalue weighted by Gasteiger charge is 2.21. The van der Waals surface area contributed by atoms with Gasteiger partial charge in [-0.25, -0.2) is 0 Å². The molecule has 0 aromatic heterocycles. The molecule has 0 saturated carbocycles. The molecule has 0 aliphatic rings. The van der Waals surface area contributed by atoms with Crippen LogP contribution in [0.5, 0.6) is 5.75 Å². The molecule has 1 amide bonds. The van der Waals surface area contributed by atoms with Crippen LogP contribution in [0.4, 0.5) is 0 Å². The molecule has 0 aliphatic heterocycles. The third kappa shape index (κ3) is 5.79. The second-order valence-electron chi connectivity index (χ2n) is 6.77. The smallest absolute Gasteiger partial charge is 0.261 e. The minimum atomic E-state index is -0.584. The van der Waals surface area contributed by atoms with Crippen LogP contribution in [-0.4, -0.2) is 12.0 Å². The summed E-state index contributed by atoms with van der Waals surface area (Å²) < 4.78 is 5.78. The Hall–Kier alpha value is -2.00. The van der Waals surface area contributed by atoms with E-state index < -0.39 is 6.10 Å². The SMILES string of the molecule is Cc1cc(O[C@H](C)C(=O)N[C@@H](CC(C)C)c2ccccc2)ccc1Cl. The van der Waals surface area contributed by atoms with Crippen LogP contribution >= 0.6 is 11.6 Å². The van der Waals surface area contributed by atoms with Crippen molar-refractivity contribution >= 4 is 17.5 Å². The fourth-order valence-electron chi connectivity index (χ4n) is 2.67. The molecule has 2 aromatic rings. The summed E-state index contributed by atoms with van der Waals surface area (Å²) in [7, 11) is 0. The zero-order chi connectivity index (χ0) is 18.4. The van der Waals surface area contributed by atoms with Crippen molar-refractivity contribution < 1.29 is 9.53 Å². The zero-order valence-corrected chi connectivity index (χ0v) is 16.0. The molecular weight excluding hydrogens is 334 g/mol. The second-order valence-corrected chi connectivity index (χ2v) is 7.18. The molecule has 2 rings (SSSR count). The molecular formula is C21H26ClNO2. The molecule has 0 bridgehead atoms. The Morgan fingerprint density at radius 3 is 2.40 bits per heavy atom. The Kier molecular flexibility index (Phi) is 6.89. The van der Waals surface area contributed by atoms with E-state index in [4.69, 9.17) is 16.3 Å². The largest absolute Gasteiger partial charge is 0.481 e. The summed E-state index contributed by atoms with van der Waals surface area (Å²) in [4.78, 5) is 12.6. The van der Waals surface area contributed by atoms with Crippen molar-refractivity contribution in [2.45, 2.75) is 46.3 Å². The van der Waals surface area contributed by atoms with Gasteiger partial charge in [-0.3, -0.25) is 4.79 Å². The molecule has 4 heteroatoms. The number of carbonyl (C=O) groups excluding carboxylic acids is 1. The van der Waals surface area contributed by atoms with E-state index in [-0.39, 0.29) is 11.9 Å². The van der Waals surface area contributed by atoms with E-state index in [9.17, 15) is 4.79 Å². The third-order valence-corrected chi connectivity index (χ3v) is 4.46. The Labute approximate surface area is 155 Å². The van der Waals surface area contributed by atoms with Crippen molar-refractivity contribution in [2.24, 2.45) is 5.92 Å². The number of benzene rings is 2. The summed E-state index contributed by atoms with van der Waals surface area (Å²) in [5.41, 5.74) is 2.04. The van der Waals surface area contributed by atoms with Crippen LogP contribution < -0.4 is 10.1 Å². The number of hydrogen-bond donors (Lipinski definition) is 1. The van der Waals surface area contributed by atoms with E-state index >= 15 is 0 Å². The number of aryl methyl sites for hydroxylation is 1. The lowest BCUT2D eigenvalue weighted by atomic mass is 9.97. The maximum atomic E-state index is 12.6. The highest BCUT2D eigenvalue weighted by Crippen LogP contribution is 2.23. The summed E-state index contributed by atoms with van der Waals surface area (Å²) >= 11 is 6.03. The molecule has 0 aliphatic carbocycles. The summed E-state index contributed by atoms with van der Waals surface area (Å²) in [6.07, 6.45) is 0.293. The van der Waals surface area contributed by atoms with Gasteiger partial charge in [-0.15, -0.1) is 0 Å². The van der Waals surface area contributed by atoms with Gasteiger partial charge < -0.3 is 10.1 Å². The maximum Gasteiger partial charge on any atom is 0.261 e. The van der Waals surface area contributed by atoms with Crippen molar-refractivity contribution in [3.8, 4) is 5.75 Å². The van der Waals surface area contributed by atoms with Crippen LogP contribution in [0.2, 0.25) is 5.02 Å². The van der Waals surface area contributed by atoms with Crippen LogP contribution in [0.25, 0.3) is 0 Å². The normalized spacial score (nSPS) is 13.4. The topological polar surface area (TPSA) is 38.3 Å². The van der Waals surface area contributed by atoms with Gasteiger partial charge in [0.1, 0.15) is 5.75 Å². The molecule has 25 heavy (non-hydrogen) atoms. The molecule has 0 saturated heterocycles. The Bertz CT molecular complexity index is 700. The first-order valence-corrected chi connectivity index (χ1v) is 9.02. The predicted octanol–water partition coefficient (Wildman–Crippen LogP) is 5.32. The van der Waals surface area contributed by atoms with Crippen LogP contribution in [0.3, 0.4) is 0 Å². The highest BCUT2D eigenvalue weighted by atomic mass is 35.5. The lowest BCUT2D eigenvalue weighted by molar-refractivity contribution is -0.128. The van der Waals surface area contributed by atoms with Gasteiger partial charge in [0.2, 0.25) is 0 Å². The standard InChI is InChI=1S/C21H26ClNO2/c1-14(2)12-20(17-8-6-5-7-9-17)23-21(24)16(4)25-18-10-11-19(22)15(3)13-18/h5-11,13-14,16,20H,12H2,1-4H3,(H,23,24)/t16-,20+/m1/s1. The van der Waals surface area contributed by atoms with E-state index in [1.165, 1.54) is 0 Å². The van der Waals surface area contributed by atoms with Gasteiger partial charge in [-0.1, -0.05) is 55.8 Å². The minimum absolute atomic E-state index is 0.0216. The van der Waals surface area contributed by atoms with E-state index in [1.807, 2.05) is 43.3 Å². The van der Waals surface area contributed by atoms with Crippen LogP contribution in [0.1, 0.15) is 44.4 Å². The lowest BCUT2D eigenvalue weighted by Gasteiger charge is -2.23. The summed E-state index contributed by atoms with van der Waals surface area (Å²) in [6, 6.07) is 15.4. The quantitative estimate of drug-likeness (QED) is 0.726. The van der Waals surface area contributed by atoms with Gasteiger partial charge in [0.05, 0.1) is 6.04 Å². The van der Waals surface area contributed by atoms with E-state index in [0.29, 0.717) is 16.7 Å². The molecule has 1 N–H and O–H groups in total. The number of carbonyl (C=O) groups is 1. The Morgan fingerprint density at radius 2 is 1.80 bits per heavy atom. The molecule has 0 unspecified atom stereocenters. The molecule has 0 spiro atoms. The molecule has 3 nitrogen and oxygen atoms in total. The van der Waals surface area contributed by atoms with E-state index in [2.05, 4.69) is 19.2 Å². The van der Waals surface area contributed by atoms with Gasteiger partial charge in [0.15, 0.2) is 6.10 Å². The van der Waals surface area contributed by atoms with E-state index in [1.54, 1.807) is 19.1 Å². The number of ether oxygens (including phenoxy) is 1. The average molecular weight is 360 g/mol. The first-order valence-electron chi connectivity index (χ1n) is 8.65. The number of halogens is 1. The molecule has 2 aromatic carbocycles. The highest BCUT2D eigenvalue weighted by molar-refractivity contribution is 6.31.